The maximum Gasteiger partial charge on any atom is 0.193 e. The highest BCUT2D eigenvalue weighted by Crippen LogP contribution is 2.29. The summed E-state index contributed by atoms with van der Waals surface area (Å²) in [6, 6.07) is 10.9. The zero-order valence-corrected chi connectivity index (χ0v) is 15.8. The van der Waals surface area contributed by atoms with Crippen LogP contribution in [0.2, 0.25) is 0 Å². The molecule has 22 heavy (non-hydrogen) atoms. The molecular weight excluding hydrogens is 385 g/mol. The summed E-state index contributed by atoms with van der Waals surface area (Å²) >= 11 is 0. The smallest absolute Gasteiger partial charge is 0.193 e. The van der Waals surface area contributed by atoms with Gasteiger partial charge in [0.15, 0.2) is 5.96 Å². The highest BCUT2D eigenvalue weighted by molar-refractivity contribution is 14.0. The molecule has 2 aliphatic rings. The highest BCUT2D eigenvalue weighted by Gasteiger charge is 2.26. The third kappa shape index (κ3) is 5.14. The van der Waals surface area contributed by atoms with Crippen molar-refractivity contribution in [3.8, 4) is 0 Å². The lowest BCUT2D eigenvalue weighted by atomic mass is 9.99. The summed E-state index contributed by atoms with van der Waals surface area (Å²) in [6.45, 7) is 6.43. The van der Waals surface area contributed by atoms with E-state index in [2.05, 4.69) is 47.5 Å². The van der Waals surface area contributed by atoms with Crippen LogP contribution in [0, 0.1) is 11.8 Å². The maximum absolute atomic E-state index is 4.83. The van der Waals surface area contributed by atoms with Crippen molar-refractivity contribution in [2.24, 2.45) is 16.8 Å². The Hall–Kier alpha value is -0.780. The fraction of sp³-hybridized carbons (Fsp3) is 0.611. The van der Waals surface area contributed by atoms with Crippen molar-refractivity contribution >= 4 is 29.9 Å². The van der Waals surface area contributed by atoms with E-state index in [4.69, 9.17) is 4.99 Å². The van der Waals surface area contributed by atoms with Gasteiger partial charge in [0.05, 0.1) is 0 Å². The molecule has 1 aliphatic carbocycles. The maximum atomic E-state index is 4.83. The minimum Gasteiger partial charge on any atom is -0.357 e. The van der Waals surface area contributed by atoms with E-state index in [1.807, 2.05) is 0 Å². The molecule has 0 radical (unpaired) electrons. The molecule has 122 valence electrons. The van der Waals surface area contributed by atoms with E-state index in [1.165, 1.54) is 31.2 Å². The highest BCUT2D eigenvalue weighted by atomic mass is 127. The molecule has 1 N–H and O–H groups in total. The number of hydrogen-bond acceptors (Lipinski definition) is 1. The van der Waals surface area contributed by atoms with Crippen LogP contribution in [0.15, 0.2) is 35.3 Å². The average molecular weight is 413 g/mol. The number of benzene rings is 1. The van der Waals surface area contributed by atoms with Crippen LogP contribution in [0.3, 0.4) is 0 Å². The van der Waals surface area contributed by atoms with Gasteiger partial charge in [-0.15, -0.1) is 24.0 Å². The first kappa shape index (κ1) is 17.6. The second-order valence-corrected chi connectivity index (χ2v) is 6.43. The molecule has 0 amide bonds. The van der Waals surface area contributed by atoms with Crippen LogP contribution in [0.25, 0.3) is 0 Å². The second kappa shape index (κ2) is 8.75. The summed E-state index contributed by atoms with van der Waals surface area (Å²) in [5.41, 5.74) is 1.46. The number of nitrogens with zero attached hydrogens (tertiary/aromatic N) is 2. The minimum atomic E-state index is 0. The minimum absolute atomic E-state index is 0. The SMILES string of the molecule is CCNC(=NCC1CC1)N1CCC(Cc2ccccc2)C1.I. The first-order chi connectivity index (χ1) is 10.3. The zero-order chi connectivity index (χ0) is 14.5. The van der Waals surface area contributed by atoms with E-state index < -0.39 is 0 Å². The predicted molar refractivity (Wildman–Crippen MR) is 104 cm³/mol. The number of likely N-dealkylation sites (tertiary alicyclic amines) is 1. The molecule has 1 aromatic carbocycles. The molecular formula is C18H28IN3. The summed E-state index contributed by atoms with van der Waals surface area (Å²) in [4.78, 5) is 7.29. The molecule has 3 nitrogen and oxygen atoms in total. The molecule has 0 bridgehead atoms. The molecule has 2 fully saturated rings. The van der Waals surface area contributed by atoms with Crippen molar-refractivity contribution in [2.45, 2.75) is 32.6 Å². The van der Waals surface area contributed by atoms with Crippen molar-refractivity contribution in [3.63, 3.8) is 0 Å². The molecule has 0 aromatic heterocycles. The van der Waals surface area contributed by atoms with E-state index in [0.29, 0.717) is 0 Å². The Morgan fingerprint density at radius 1 is 1.18 bits per heavy atom. The molecule has 0 spiro atoms. The van der Waals surface area contributed by atoms with E-state index in [0.717, 1.165) is 44.0 Å². The Morgan fingerprint density at radius 2 is 1.95 bits per heavy atom. The van der Waals surface area contributed by atoms with Crippen LogP contribution < -0.4 is 5.32 Å². The molecule has 1 atom stereocenters. The molecule has 1 unspecified atom stereocenters. The molecule has 1 heterocycles. The quantitative estimate of drug-likeness (QED) is 0.454. The lowest BCUT2D eigenvalue weighted by Gasteiger charge is -2.21. The Balaban J connectivity index is 0.00000176. The van der Waals surface area contributed by atoms with Crippen molar-refractivity contribution in [1.82, 2.24) is 10.2 Å². The summed E-state index contributed by atoms with van der Waals surface area (Å²) < 4.78 is 0. The number of rotatable bonds is 5. The van der Waals surface area contributed by atoms with Crippen LogP contribution in [-0.2, 0) is 6.42 Å². The van der Waals surface area contributed by atoms with Gasteiger partial charge >= 0.3 is 0 Å². The van der Waals surface area contributed by atoms with Crippen molar-refractivity contribution in [2.75, 3.05) is 26.2 Å². The lowest BCUT2D eigenvalue weighted by molar-refractivity contribution is 0.459. The standard InChI is InChI=1S/C18H27N3.HI/c1-2-19-18(20-13-16-8-9-16)21-11-10-17(14-21)12-15-6-4-3-5-7-15;/h3-7,16-17H,2,8-14H2,1H3,(H,19,20);1H. The van der Waals surface area contributed by atoms with Gasteiger partial charge in [-0.1, -0.05) is 30.3 Å². The largest absolute Gasteiger partial charge is 0.357 e. The van der Waals surface area contributed by atoms with Gasteiger partial charge in [-0.05, 0) is 50.0 Å². The van der Waals surface area contributed by atoms with Gasteiger partial charge in [0.25, 0.3) is 0 Å². The zero-order valence-electron chi connectivity index (χ0n) is 13.5. The van der Waals surface area contributed by atoms with Crippen LogP contribution in [0.5, 0.6) is 0 Å². The van der Waals surface area contributed by atoms with Gasteiger partial charge in [-0.25, -0.2) is 0 Å². The van der Waals surface area contributed by atoms with Gasteiger partial charge < -0.3 is 10.2 Å². The second-order valence-electron chi connectivity index (χ2n) is 6.43. The third-order valence-electron chi connectivity index (χ3n) is 4.48. The molecule has 4 heteroatoms. The van der Waals surface area contributed by atoms with Crippen LogP contribution >= 0.6 is 24.0 Å². The number of aliphatic imine (C=N–C) groups is 1. The van der Waals surface area contributed by atoms with Gasteiger partial charge in [-0.3, -0.25) is 4.99 Å². The normalized spacial score (nSPS) is 21.6. The molecule has 1 saturated carbocycles. The Labute approximate surface area is 151 Å². The molecule has 3 rings (SSSR count). The van der Waals surface area contributed by atoms with E-state index >= 15 is 0 Å². The van der Waals surface area contributed by atoms with Gasteiger partial charge in [0, 0.05) is 26.2 Å². The van der Waals surface area contributed by atoms with Gasteiger partial charge in [0.2, 0.25) is 0 Å². The Morgan fingerprint density at radius 3 is 2.64 bits per heavy atom. The first-order valence-corrected chi connectivity index (χ1v) is 8.42. The van der Waals surface area contributed by atoms with Gasteiger partial charge in [-0.2, -0.15) is 0 Å². The van der Waals surface area contributed by atoms with Crippen molar-refractivity contribution in [3.05, 3.63) is 35.9 Å². The summed E-state index contributed by atoms with van der Waals surface area (Å²) in [5, 5.41) is 3.47. The number of guanidine groups is 1. The molecule has 1 saturated heterocycles. The van der Waals surface area contributed by atoms with Gasteiger partial charge in [0.1, 0.15) is 0 Å². The summed E-state index contributed by atoms with van der Waals surface area (Å²) in [5.74, 6) is 2.76. The predicted octanol–water partition coefficient (Wildman–Crippen LogP) is 3.54. The third-order valence-corrected chi connectivity index (χ3v) is 4.48. The van der Waals surface area contributed by atoms with Crippen LogP contribution in [0.4, 0.5) is 0 Å². The van der Waals surface area contributed by atoms with Crippen molar-refractivity contribution in [1.29, 1.82) is 0 Å². The Bertz CT molecular complexity index is 470. The lowest BCUT2D eigenvalue weighted by Crippen LogP contribution is -2.40. The van der Waals surface area contributed by atoms with E-state index in [-0.39, 0.29) is 24.0 Å². The van der Waals surface area contributed by atoms with Crippen molar-refractivity contribution < 1.29 is 0 Å². The summed E-state index contributed by atoms with van der Waals surface area (Å²) in [7, 11) is 0. The topological polar surface area (TPSA) is 27.6 Å². The average Bonchev–Trinajstić information content (AvgIpc) is 3.23. The number of halogens is 1. The van der Waals surface area contributed by atoms with Crippen LogP contribution in [-0.4, -0.2) is 37.0 Å². The fourth-order valence-electron chi connectivity index (χ4n) is 3.08. The molecule has 1 aromatic rings. The van der Waals surface area contributed by atoms with Crippen LogP contribution in [0.1, 0.15) is 31.7 Å². The van der Waals surface area contributed by atoms with E-state index in [1.54, 1.807) is 0 Å². The monoisotopic (exact) mass is 413 g/mol. The first-order valence-electron chi connectivity index (χ1n) is 8.42. The summed E-state index contributed by atoms with van der Waals surface area (Å²) in [6.07, 6.45) is 5.22. The molecule has 1 aliphatic heterocycles. The van der Waals surface area contributed by atoms with E-state index in [9.17, 15) is 0 Å². The number of nitrogens with one attached hydrogen (secondary N) is 1. The Kier molecular flexibility index (Phi) is 6.99. The fourth-order valence-corrected chi connectivity index (χ4v) is 3.08. The number of hydrogen-bond donors (Lipinski definition) is 1.